The van der Waals surface area contributed by atoms with Crippen LogP contribution in [0.5, 0.6) is 0 Å². The standard InChI is InChI=1S/C17H27NO2S/c1-4-12-18-17(2,16(19)20-3)11-8-13-21-14-15-9-6-5-7-10-15/h5-7,9-10,18H,4,8,11-14H2,1-3H3. The van der Waals surface area contributed by atoms with Crippen LogP contribution >= 0.6 is 11.8 Å². The van der Waals surface area contributed by atoms with Crippen molar-refractivity contribution in [1.82, 2.24) is 5.32 Å². The summed E-state index contributed by atoms with van der Waals surface area (Å²) in [6.45, 7) is 4.87. The van der Waals surface area contributed by atoms with Crippen molar-refractivity contribution >= 4 is 17.7 Å². The third-order valence-electron chi connectivity index (χ3n) is 3.48. The lowest BCUT2D eigenvalue weighted by Gasteiger charge is -2.28. The second kappa shape index (κ2) is 9.85. The molecular weight excluding hydrogens is 282 g/mol. The summed E-state index contributed by atoms with van der Waals surface area (Å²) in [7, 11) is 1.46. The number of carbonyl (C=O) groups is 1. The van der Waals surface area contributed by atoms with Crippen molar-refractivity contribution in [2.45, 2.75) is 44.4 Å². The summed E-state index contributed by atoms with van der Waals surface area (Å²) in [6, 6.07) is 10.5. The molecule has 0 saturated heterocycles. The third-order valence-corrected chi connectivity index (χ3v) is 4.59. The van der Waals surface area contributed by atoms with E-state index >= 15 is 0 Å². The summed E-state index contributed by atoms with van der Waals surface area (Å²) in [6.07, 6.45) is 2.82. The zero-order chi connectivity index (χ0) is 15.6. The molecule has 0 saturated carbocycles. The lowest BCUT2D eigenvalue weighted by Crippen LogP contribution is -2.50. The van der Waals surface area contributed by atoms with E-state index < -0.39 is 5.54 Å². The summed E-state index contributed by atoms with van der Waals surface area (Å²) in [5, 5.41) is 3.32. The summed E-state index contributed by atoms with van der Waals surface area (Å²) >= 11 is 1.91. The Kier molecular flexibility index (Phi) is 8.47. The Labute approximate surface area is 132 Å². The predicted octanol–water partition coefficient (Wildman–Crippen LogP) is 3.63. The fourth-order valence-corrected chi connectivity index (χ4v) is 3.10. The first kappa shape index (κ1) is 18.1. The molecule has 0 radical (unpaired) electrons. The van der Waals surface area contributed by atoms with E-state index in [9.17, 15) is 4.79 Å². The molecule has 0 aliphatic heterocycles. The minimum atomic E-state index is -0.557. The number of thioether (sulfide) groups is 1. The number of hydrogen-bond donors (Lipinski definition) is 1. The number of rotatable bonds is 10. The first-order chi connectivity index (χ1) is 10.1. The van der Waals surface area contributed by atoms with Crippen molar-refractivity contribution in [3.05, 3.63) is 35.9 Å². The second-order valence-electron chi connectivity index (χ2n) is 5.39. The van der Waals surface area contributed by atoms with Gasteiger partial charge >= 0.3 is 5.97 Å². The minimum absolute atomic E-state index is 0.163. The van der Waals surface area contributed by atoms with Crippen molar-refractivity contribution in [1.29, 1.82) is 0 Å². The van der Waals surface area contributed by atoms with Crippen molar-refractivity contribution in [2.75, 3.05) is 19.4 Å². The highest BCUT2D eigenvalue weighted by Gasteiger charge is 2.32. The van der Waals surface area contributed by atoms with E-state index in [0.717, 1.165) is 37.3 Å². The molecule has 0 heterocycles. The van der Waals surface area contributed by atoms with E-state index in [1.165, 1.54) is 12.7 Å². The van der Waals surface area contributed by atoms with Crippen molar-refractivity contribution in [2.24, 2.45) is 0 Å². The normalized spacial score (nSPS) is 13.7. The van der Waals surface area contributed by atoms with Gasteiger partial charge in [0.05, 0.1) is 7.11 Å². The van der Waals surface area contributed by atoms with Crippen molar-refractivity contribution in [3.63, 3.8) is 0 Å². The number of ether oxygens (including phenoxy) is 1. The summed E-state index contributed by atoms with van der Waals surface area (Å²) in [5.74, 6) is 1.91. The first-order valence-electron chi connectivity index (χ1n) is 7.57. The molecule has 0 aliphatic rings. The van der Waals surface area contributed by atoms with Crippen LogP contribution in [0.25, 0.3) is 0 Å². The van der Waals surface area contributed by atoms with E-state index in [0.29, 0.717) is 0 Å². The van der Waals surface area contributed by atoms with Crippen LogP contribution < -0.4 is 5.32 Å². The molecule has 4 heteroatoms. The van der Waals surface area contributed by atoms with Crippen LogP contribution in [0.3, 0.4) is 0 Å². The van der Waals surface area contributed by atoms with Gasteiger partial charge in [0.1, 0.15) is 5.54 Å². The quantitative estimate of drug-likeness (QED) is 0.529. The average molecular weight is 309 g/mol. The lowest BCUT2D eigenvalue weighted by molar-refractivity contribution is -0.148. The smallest absolute Gasteiger partial charge is 0.325 e. The highest BCUT2D eigenvalue weighted by Crippen LogP contribution is 2.19. The number of nitrogens with one attached hydrogen (secondary N) is 1. The van der Waals surface area contributed by atoms with Gasteiger partial charge in [-0.1, -0.05) is 37.3 Å². The highest BCUT2D eigenvalue weighted by atomic mass is 32.2. The predicted molar refractivity (Wildman–Crippen MR) is 90.6 cm³/mol. The summed E-state index contributed by atoms with van der Waals surface area (Å²) < 4.78 is 4.93. The number of hydrogen-bond acceptors (Lipinski definition) is 4. The van der Waals surface area contributed by atoms with Crippen LogP contribution in [0.15, 0.2) is 30.3 Å². The molecule has 21 heavy (non-hydrogen) atoms. The van der Waals surface area contributed by atoms with Crippen LogP contribution in [0.1, 0.15) is 38.7 Å². The van der Waals surface area contributed by atoms with E-state index in [1.807, 2.05) is 24.8 Å². The molecule has 0 fully saturated rings. The highest BCUT2D eigenvalue weighted by molar-refractivity contribution is 7.98. The Morgan fingerprint density at radius 3 is 2.67 bits per heavy atom. The molecule has 0 aliphatic carbocycles. The molecule has 1 rings (SSSR count). The van der Waals surface area contributed by atoms with Crippen LogP contribution in [0.2, 0.25) is 0 Å². The average Bonchev–Trinajstić information content (AvgIpc) is 2.52. The van der Waals surface area contributed by atoms with Crippen LogP contribution in [-0.4, -0.2) is 30.9 Å². The molecule has 1 atom stereocenters. The monoisotopic (exact) mass is 309 g/mol. The molecule has 1 unspecified atom stereocenters. The molecule has 1 N–H and O–H groups in total. The zero-order valence-corrected chi connectivity index (χ0v) is 14.2. The minimum Gasteiger partial charge on any atom is -0.468 e. The summed E-state index contributed by atoms with van der Waals surface area (Å²) in [4.78, 5) is 11.9. The number of carbonyl (C=O) groups excluding carboxylic acids is 1. The lowest BCUT2D eigenvalue weighted by atomic mass is 9.96. The van der Waals surface area contributed by atoms with Gasteiger partial charge < -0.3 is 10.1 Å². The van der Waals surface area contributed by atoms with Gasteiger partial charge in [0.25, 0.3) is 0 Å². The Morgan fingerprint density at radius 2 is 2.05 bits per heavy atom. The topological polar surface area (TPSA) is 38.3 Å². The first-order valence-corrected chi connectivity index (χ1v) is 8.73. The van der Waals surface area contributed by atoms with Gasteiger partial charge in [0.2, 0.25) is 0 Å². The van der Waals surface area contributed by atoms with Gasteiger partial charge in [0, 0.05) is 5.75 Å². The van der Waals surface area contributed by atoms with E-state index in [-0.39, 0.29) is 5.97 Å². The second-order valence-corrected chi connectivity index (χ2v) is 6.50. The maximum absolute atomic E-state index is 11.9. The Balaban J connectivity index is 2.31. The van der Waals surface area contributed by atoms with Crippen LogP contribution in [0, 0.1) is 0 Å². The van der Waals surface area contributed by atoms with Crippen molar-refractivity contribution in [3.8, 4) is 0 Å². The molecule has 118 valence electrons. The van der Waals surface area contributed by atoms with Crippen molar-refractivity contribution < 1.29 is 9.53 Å². The number of esters is 1. The third kappa shape index (κ3) is 6.53. The molecule has 0 amide bonds. The van der Waals surface area contributed by atoms with E-state index in [4.69, 9.17) is 4.74 Å². The largest absolute Gasteiger partial charge is 0.468 e. The zero-order valence-electron chi connectivity index (χ0n) is 13.4. The molecule has 0 aromatic heterocycles. The SMILES string of the molecule is CCCNC(C)(CCCSCc1ccccc1)C(=O)OC. The van der Waals surface area contributed by atoms with Gasteiger partial charge in [-0.25, -0.2) is 0 Å². The maximum Gasteiger partial charge on any atom is 0.325 e. The van der Waals surface area contributed by atoms with Crippen LogP contribution in [-0.2, 0) is 15.3 Å². The molecule has 1 aromatic carbocycles. The molecular formula is C17H27NO2S. The molecule has 1 aromatic rings. The van der Waals surface area contributed by atoms with Gasteiger partial charge in [-0.05, 0) is 44.0 Å². The van der Waals surface area contributed by atoms with E-state index in [1.54, 1.807) is 0 Å². The van der Waals surface area contributed by atoms with E-state index in [2.05, 4.69) is 36.5 Å². The van der Waals surface area contributed by atoms with Gasteiger partial charge in [-0.2, -0.15) is 11.8 Å². The summed E-state index contributed by atoms with van der Waals surface area (Å²) in [5.41, 5.74) is 0.792. The van der Waals surface area contributed by atoms with Crippen LogP contribution in [0.4, 0.5) is 0 Å². The molecule has 0 spiro atoms. The molecule has 0 bridgehead atoms. The Morgan fingerprint density at radius 1 is 1.33 bits per heavy atom. The Bertz CT molecular complexity index is 411. The van der Waals surface area contributed by atoms with Gasteiger partial charge in [0.15, 0.2) is 0 Å². The maximum atomic E-state index is 11.9. The number of benzene rings is 1. The Hall–Kier alpha value is -1.00. The van der Waals surface area contributed by atoms with Gasteiger partial charge in [-0.3, -0.25) is 4.79 Å². The number of methoxy groups -OCH3 is 1. The fourth-order valence-electron chi connectivity index (χ4n) is 2.18. The fraction of sp³-hybridized carbons (Fsp3) is 0.588. The molecule has 3 nitrogen and oxygen atoms in total. The van der Waals surface area contributed by atoms with Gasteiger partial charge in [-0.15, -0.1) is 0 Å².